The van der Waals surface area contributed by atoms with Crippen molar-refractivity contribution < 1.29 is 27.9 Å². The summed E-state index contributed by atoms with van der Waals surface area (Å²) in [4.78, 5) is 39.0. The van der Waals surface area contributed by atoms with E-state index in [0.29, 0.717) is 13.0 Å². The highest BCUT2D eigenvalue weighted by Crippen LogP contribution is 2.29. The van der Waals surface area contributed by atoms with E-state index in [1.54, 1.807) is 13.8 Å². The number of phenols is 1. The van der Waals surface area contributed by atoms with Crippen LogP contribution in [0, 0.1) is 0 Å². The maximum absolute atomic E-state index is 12.8. The molecule has 33 heavy (non-hydrogen) atoms. The van der Waals surface area contributed by atoms with Crippen LogP contribution in [0.1, 0.15) is 64.7 Å². The fourth-order valence-corrected chi connectivity index (χ4v) is 5.12. The average Bonchev–Trinajstić information content (AvgIpc) is 3.03. The molecule has 0 unspecified atom stereocenters. The van der Waals surface area contributed by atoms with Gasteiger partial charge < -0.3 is 10.4 Å². The van der Waals surface area contributed by atoms with E-state index in [9.17, 15) is 27.9 Å². The van der Waals surface area contributed by atoms with Crippen molar-refractivity contribution in [1.29, 1.82) is 0 Å². The topological polar surface area (TPSA) is 124 Å². The minimum Gasteiger partial charge on any atom is -0.506 e. The number of rotatable bonds is 9. The zero-order chi connectivity index (χ0) is 24.3. The number of anilines is 1. The van der Waals surface area contributed by atoms with Gasteiger partial charge >= 0.3 is 0 Å². The van der Waals surface area contributed by atoms with Crippen LogP contribution in [-0.4, -0.2) is 60.1 Å². The number of amides is 3. The summed E-state index contributed by atoms with van der Waals surface area (Å²) in [5.74, 6) is -1.80. The van der Waals surface area contributed by atoms with E-state index >= 15 is 0 Å². The van der Waals surface area contributed by atoms with Crippen LogP contribution in [-0.2, 0) is 10.0 Å². The Hall–Kier alpha value is -3.24. The van der Waals surface area contributed by atoms with Crippen LogP contribution in [0.2, 0.25) is 0 Å². The molecule has 2 aromatic rings. The smallest absolute Gasteiger partial charge is 0.261 e. The Bertz CT molecular complexity index is 1200. The summed E-state index contributed by atoms with van der Waals surface area (Å²) < 4.78 is 26.8. The number of phenolic OH excluding ortho intramolecular Hbond substituents is 1. The number of nitrogens with one attached hydrogen (secondary N) is 1. The first-order valence-electron chi connectivity index (χ1n) is 10.8. The molecule has 0 fully saturated rings. The van der Waals surface area contributed by atoms with Gasteiger partial charge in [0.05, 0.1) is 21.7 Å². The number of hydrogen-bond donors (Lipinski definition) is 2. The van der Waals surface area contributed by atoms with Gasteiger partial charge in [0.1, 0.15) is 5.75 Å². The van der Waals surface area contributed by atoms with Crippen molar-refractivity contribution in [3.05, 3.63) is 53.1 Å². The summed E-state index contributed by atoms with van der Waals surface area (Å²) in [6.07, 6.45) is 1.51. The molecule has 1 heterocycles. The number of carbonyl (C=O) groups excluding carboxylic acids is 3. The highest BCUT2D eigenvalue weighted by atomic mass is 32.2. The molecule has 0 aromatic heterocycles. The maximum atomic E-state index is 12.8. The fraction of sp³-hybridized carbons (Fsp3) is 0.348. The van der Waals surface area contributed by atoms with Crippen LogP contribution in [0.3, 0.4) is 0 Å². The lowest BCUT2D eigenvalue weighted by molar-refractivity contribution is 0.0652. The van der Waals surface area contributed by atoms with Gasteiger partial charge in [0.25, 0.3) is 17.7 Å². The van der Waals surface area contributed by atoms with E-state index in [1.807, 2.05) is 6.92 Å². The van der Waals surface area contributed by atoms with Gasteiger partial charge in [-0.1, -0.05) is 27.2 Å². The zero-order valence-electron chi connectivity index (χ0n) is 18.8. The van der Waals surface area contributed by atoms with Gasteiger partial charge in [-0.25, -0.2) is 8.42 Å². The van der Waals surface area contributed by atoms with Gasteiger partial charge in [-0.15, -0.1) is 0 Å². The summed E-state index contributed by atoms with van der Waals surface area (Å²) in [5.41, 5.74) is 0.401. The second kappa shape index (κ2) is 9.72. The molecule has 0 bridgehead atoms. The van der Waals surface area contributed by atoms with Crippen molar-refractivity contribution in [2.75, 3.05) is 25.0 Å². The second-order valence-corrected chi connectivity index (χ2v) is 9.54. The highest BCUT2D eigenvalue weighted by molar-refractivity contribution is 7.89. The molecule has 2 aromatic carbocycles. The van der Waals surface area contributed by atoms with E-state index in [-0.39, 0.29) is 52.0 Å². The van der Waals surface area contributed by atoms with E-state index in [4.69, 9.17) is 0 Å². The lowest BCUT2D eigenvalue weighted by Gasteiger charge is -2.19. The third-order valence-electron chi connectivity index (χ3n) is 5.53. The van der Waals surface area contributed by atoms with Crippen molar-refractivity contribution in [3.8, 4) is 5.75 Å². The number of fused-ring (bicyclic) bond motifs is 1. The molecule has 0 atom stereocenters. The Morgan fingerprint density at radius 2 is 1.67 bits per heavy atom. The second-order valence-electron chi connectivity index (χ2n) is 7.60. The van der Waals surface area contributed by atoms with Crippen molar-refractivity contribution in [3.63, 3.8) is 0 Å². The van der Waals surface area contributed by atoms with Crippen LogP contribution in [0.5, 0.6) is 5.75 Å². The van der Waals surface area contributed by atoms with Crippen LogP contribution < -0.4 is 5.32 Å². The summed E-state index contributed by atoms with van der Waals surface area (Å²) in [7, 11) is -3.79. The summed E-state index contributed by atoms with van der Waals surface area (Å²) in [5, 5.41) is 12.7. The Labute approximate surface area is 193 Å². The van der Waals surface area contributed by atoms with Crippen LogP contribution in [0.4, 0.5) is 5.69 Å². The third-order valence-corrected chi connectivity index (χ3v) is 7.57. The minimum absolute atomic E-state index is 0.0689. The first kappa shape index (κ1) is 24.4. The quantitative estimate of drug-likeness (QED) is 0.426. The van der Waals surface area contributed by atoms with Gasteiger partial charge in [-0.2, -0.15) is 4.31 Å². The van der Waals surface area contributed by atoms with Crippen molar-refractivity contribution >= 4 is 33.4 Å². The molecule has 0 radical (unpaired) electrons. The molecule has 0 aliphatic carbocycles. The summed E-state index contributed by atoms with van der Waals surface area (Å²) in [6, 6.07) is 7.83. The van der Waals surface area contributed by atoms with Gasteiger partial charge in [-0.05, 0) is 42.8 Å². The Balaban J connectivity index is 1.87. The SMILES string of the molecule is CCCCN1C(=O)c2ccc(C(=O)Nc3cc(S(=O)(=O)N(CC)CC)ccc3O)cc2C1=O. The number of unbranched alkanes of at least 4 members (excludes halogenated alkanes) is 1. The molecular weight excluding hydrogens is 446 g/mol. The van der Waals surface area contributed by atoms with Gasteiger partial charge in [-0.3, -0.25) is 19.3 Å². The number of aromatic hydroxyl groups is 1. The number of benzene rings is 2. The molecule has 1 aliphatic rings. The largest absolute Gasteiger partial charge is 0.506 e. The minimum atomic E-state index is -3.79. The Kier molecular flexibility index (Phi) is 7.19. The molecule has 0 saturated heterocycles. The molecule has 0 spiro atoms. The molecule has 2 N–H and O–H groups in total. The Morgan fingerprint density at radius 1 is 1.00 bits per heavy atom. The fourth-order valence-electron chi connectivity index (χ4n) is 3.63. The summed E-state index contributed by atoms with van der Waals surface area (Å²) >= 11 is 0. The van der Waals surface area contributed by atoms with Gasteiger partial charge in [0.15, 0.2) is 0 Å². The van der Waals surface area contributed by atoms with Crippen molar-refractivity contribution in [2.45, 2.75) is 38.5 Å². The van der Waals surface area contributed by atoms with Crippen LogP contribution in [0.25, 0.3) is 0 Å². The molecule has 10 heteroatoms. The number of sulfonamides is 1. The molecule has 3 amide bonds. The predicted molar refractivity (Wildman–Crippen MR) is 123 cm³/mol. The molecule has 1 aliphatic heterocycles. The molecule has 9 nitrogen and oxygen atoms in total. The van der Waals surface area contributed by atoms with Crippen molar-refractivity contribution in [1.82, 2.24) is 9.21 Å². The lowest BCUT2D eigenvalue weighted by atomic mass is 10.1. The average molecular weight is 474 g/mol. The van der Waals surface area contributed by atoms with Gasteiger partial charge in [0.2, 0.25) is 10.0 Å². The normalized spacial score (nSPS) is 13.5. The molecule has 0 saturated carbocycles. The third kappa shape index (κ3) is 4.62. The lowest BCUT2D eigenvalue weighted by Crippen LogP contribution is -2.30. The predicted octanol–water partition coefficient (Wildman–Crippen LogP) is 3.07. The summed E-state index contributed by atoms with van der Waals surface area (Å²) in [6.45, 7) is 6.25. The first-order chi connectivity index (χ1) is 15.6. The first-order valence-corrected chi connectivity index (χ1v) is 12.2. The zero-order valence-corrected chi connectivity index (χ0v) is 19.6. The molecular formula is C23H27N3O6S. The number of imide groups is 1. The van der Waals surface area contributed by atoms with E-state index in [0.717, 1.165) is 6.42 Å². The van der Waals surface area contributed by atoms with Crippen LogP contribution >= 0.6 is 0 Å². The van der Waals surface area contributed by atoms with Crippen molar-refractivity contribution in [2.24, 2.45) is 0 Å². The Morgan fingerprint density at radius 3 is 2.30 bits per heavy atom. The van der Waals surface area contributed by atoms with Crippen LogP contribution in [0.15, 0.2) is 41.3 Å². The molecule has 3 rings (SSSR count). The number of hydrogen-bond acceptors (Lipinski definition) is 6. The van der Waals surface area contributed by atoms with E-state index < -0.39 is 21.8 Å². The maximum Gasteiger partial charge on any atom is 0.261 e. The molecule has 176 valence electrons. The number of carbonyl (C=O) groups is 3. The van der Waals surface area contributed by atoms with Gasteiger partial charge in [0, 0.05) is 25.2 Å². The standard InChI is InChI=1S/C23H27N3O6S/c1-4-7-12-26-22(29)17-10-8-15(13-18(17)23(26)30)21(28)24-19-14-16(9-11-20(19)27)33(31,32)25(5-2)6-3/h8-11,13-14,27H,4-7,12H2,1-3H3,(H,24,28). The van der Waals surface area contributed by atoms with E-state index in [1.165, 1.54) is 45.6 Å². The monoisotopic (exact) mass is 473 g/mol. The van der Waals surface area contributed by atoms with E-state index in [2.05, 4.69) is 5.32 Å². The number of nitrogens with zero attached hydrogens (tertiary/aromatic N) is 2. The highest BCUT2D eigenvalue weighted by Gasteiger charge is 2.35.